The monoisotopic (exact) mass is 262 g/mol. The summed E-state index contributed by atoms with van der Waals surface area (Å²) in [6, 6.07) is 3.18. The van der Waals surface area contributed by atoms with Crippen LogP contribution in [0.5, 0.6) is 0 Å². The van der Waals surface area contributed by atoms with Crippen molar-refractivity contribution in [3.8, 4) is 0 Å². The maximum Gasteiger partial charge on any atom is 0.339 e. The summed E-state index contributed by atoms with van der Waals surface area (Å²) in [5.74, 6) is -0.811. The van der Waals surface area contributed by atoms with Crippen molar-refractivity contribution in [3.05, 3.63) is 29.6 Å². The van der Waals surface area contributed by atoms with Gasteiger partial charge in [0.1, 0.15) is 0 Å². The molecule has 0 N–H and O–H groups in total. The third kappa shape index (κ3) is 2.96. The number of carbonyl (C=O) groups is 3. The molecule has 2 rings (SSSR count). The van der Waals surface area contributed by atoms with Gasteiger partial charge in [0, 0.05) is 19.0 Å². The second-order valence-corrected chi connectivity index (χ2v) is 4.26. The van der Waals surface area contributed by atoms with Crippen LogP contribution in [0.2, 0.25) is 0 Å². The summed E-state index contributed by atoms with van der Waals surface area (Å²) in [4.78, 5) is 39.8. The molecule has 1 aromatic rings. The van der Waals surface area contributed by atoms with Crippen LogP contribution in [0.15, 0.2) is 18.3 Å². The first kappa shape index (κ1) is 13.2. The van der Waals surface area contributed by atoms with E-state index in [9.17, 15) is 14.4 Å². The number of aromatic nitrogens is 1. The summed E-state index contributed by atoms with van der Waals surface area (Å²) in [5, 5.41) is 0. The average molecular weight is 262 g/mol. The van der Waals surface area contributed by atoms with Crippen LogP contribution in [0.25, 0.3) is 0 Å². The molecule has 100 valence electrons. The van der Waals surface area contributed by atoms with Gasteiger partial charge in [-0.3, -0.25) is 19.5 Å². The van der Waals surface area contributed by atoms with Gasteiger partial charge in [0.25, 0.3) is 0 Å². The highest BCUT2D eigenvalue weighted by Crippen LogP contribution is 2.15. The van der Waals surface area contributed by atoms with Crippen LogP contribution in [0.4, 0.5) is 0 Å². The van der Waals surface area contributed by atoms with Crippen molar-refractivity contribution in [2.75, 3.05) is 7.11 Å². The van der Waals surface area contributed by atoms with Gasteiger partial charge in [0.15, 0.2) is 0 Å². The van der Waals surface area contributed by atoms with Gasteiger partial charge < -0.3 is 4.74 Å². The average Bonchev–Trinajstić information content (AvgIpc) is 2.43. The molecule has 0 aromatic carbocycles. The van der Waals surface area contributed by atoms with Gasteiger partial charge >= 0.3 is 5.97 Å². The molecule has 0 unspecified atom stereocenters. The third-order valence-corrected chi connectivity index (χ3v) is 2.95. The minimum absolute atomic E-state index is 0.152. The Balaban J connectivity index is 2.08. The van der Waals surface area contributed by atoms with Crippen molar-refractivity contribution < 1.29 is 19.1 Å². The zero-order valence-corrected chi connectivity index (χ0v) is 10.6. The summed E-state index contributed by atoms with van der Waals surface area (Å²) >= 11 is 0. The molecule has 1 saturated heterocycles. The van der Waals surface area contributed by atoms with E-state index in [4.69, 9.17) is 0 Å². The standard InChI is InChI=1S/C13H14N2O4/c1-19-13(18)9-5-6-10(14-7-9)8-15-11(16)3-2-4-12(15)17/h5-7H,2-4,8H2,1H3. The second-order valence-electron chi connectivity index (χ2n) is 4.26. The van der Waals surface area contributed by atoms with E-state index in [1.807, 2.05) is 0 Å². The number of carbonyl (C=O) groups excluding carboxylic acids is 3. The van der Waals surface area contributed by atoms with E-state index in [-0.39, 0.29) is 18.4 Å². The Hall–Kier alpha value is -2.24. The Bertz CT molecular complexity index is 494. The number of hydrogen-bond donors (Lipinski definition) is 0. The molecule has 19 heavy (non-hydrogen) atoms. The Labute approximate surface area is 110 Å². The molecule has 0 saturated carbocycles. The van der Waals surface area contributed by atoms with Crippen molar-refractivity contribution in [3.63, 3.8) is 0 Å². The third-order valence-electron chi connectivity index (χ3n) is 2.95. The van der Waals surface area contributed by atoms with E-state index in [1.54, 1.807) is 12.1 Å². The molecular weight excluding hydrogens is 248 g/mol. The highest BCUT2D eigenvalue weighted by molar-refractivity contribution is 5.97. The molecule has 0 aliphatic carbocycles. The van der Waals surface area contributed by atoms with Crippen molar-refractivity contribution >= 4 is 17.8 Å². The van der Waals surface area contributed by atoms with Crippen LogP contribution in [0, 0.1) is 0 Å². The fourth-order valence-electron chi connectivity index (χ4n) is 1.89. The Morgan fingerprint density at radius 2 is 2.00 bits per heavy atom. The van der Waals surface area contributed by atoms with E-state index in [0.29, 0.717) is 30.5 Å². The number of methoxy groups -OCH3 is 1. The van der Waals surface area contributed by atoms with Crippen LogP contribution in [-0.2, 0) is 20.9 Å². The molecule has 1 aromatic heterocycles. The van der Waals surface area contributed by atoms with Crippen LogP contribution >= 0.6 is 0 Å². The molecule has 0 spiro atoms. The van der Waals surface area contributed by atoms with E-state index >= 15 is 0 Å². The molecular formula is C13H14N2O4. The Morgan fingerprint density at radius 1 is 1.32 bits per heavy atom. The van der Waals surface area contributed by atoms with E-state index in [2.05, 4.69) is 9.72 Å². The number of pyridine rings is 1. The molecule has 6 heteroatoms. The molecule has 2 heterocycles. The van der Waals surface area contributed by atoms with Crippen LogP contribution in [-0.4, -0.2) is 34.8 Å². The fourth-order valence-corrected chi connectivity index (χ4v) is 1.89. The highest BCUT2D eigenvalue weighted by Gasteiger charge is 2.26. The zero-order valence-electron chi connectivity index (χ0n) is 10.6. The van der Waals surface area contributed by atoms with Gasteiger partial charge in [-0.1, -0.05) is 0 Å². The lowest BCUT2D eigenvalue weighted by Crippen LogP contribution is -2.39. The van der Waals surface area contributed by atoms with Crippen LogP contribution < -0.4 is 0 Å². The molecule has 6 nitrogen and oxygen atoms in total. The highest BCUT2D eigenvalue weighted by atomic mass is 16.5. The number of amides is 2. The molecule has 2 amide bonds. The first-order valence-electron chi connectivity index (χ1n) is 5.98. The number of ether oxygens (including phenoxy) is 1. The van der Waals surface area contributed by atoms with Gasteiger partial charge in [-0.25, -0.2) is 4.79 Å². The smallest absolute Gasteiger partial charge is 0.339 e. The van der Waals surface area contributed by atoms with E-state index in [1.165, 1.54) is 18.2 Å². The Morgan fingerprint density at radius 3 is 2.53 bits per heavy atom. The van der Waals surface area contributed by atoms with E-state index < -0.39 is 5.97 Å². The number of esters is 1. The number of hydrogen-bond acceptors (Lipinski definition) is 5. The molecule has 0 radical (unpaired) electrons. The summed E-state index contributed by atoms with van der Waals surface area (Å²) in [6.45, 7) is 0.152. The van der Waals surface area contributed by atoms with Gasteiger partial charge in [-0.15, -0.1) is 0 Å². The summed E-state index contributed by atoms with van der Waals surface area (Å²) < 4.78 is 4.56. The number of likely N-dealkylation sites (tertiary alicyclic amines) is 1. The lowest BCUT2D eigenvalue weighted by Gasteiger charge is -2.24. The topological polar surface area (TPSA) is 76.6 Å². The van der Waals surface area contributed by atoms with Gasteiger partial charge in [-0.2, -0.15) is 0 Å². The maximum absolute atomic E-state index is 11.6. The zero-order chi connectivity index (χ0) is 13.8. The predicted molar refractivity (Wildman–Crippen MR) is 65.0 cm³/mol. The normalized spacial score (nSPS) is 15.5. The van der Waals surface area contributed by atoms with E-state index in [0.717, 1.165) is 0 Å². The lowest BCUT2D eigenvalue weighted by atomic mass is 10.1. The van der Waals surface area contributed by atoms with Gasteiger partial charge in [0.2, 0.25) is 11.8 Å². The molecule has 0 bridgehead atoms. The molecule has 1 aliphatic rings. The summed E-state index contributed by atoms with van der Waals surface area (Å²) in [6.07, 6.45) is 2.78. The van der Waals surface area contributed by atoms with Gasteiger partial charge in [0.05, 0.1) is 24.9 Å². The number of piperidine rings is 1. The van der Waals surface area contributed by atoms with Crippen LogP contribution in [0.1, 0.15) is 35.3 Å². The number of imide groups is 1. The van der Waals surface area contributed by atoms with Crippen molar-refractivity contribution in [1.82, 2.24) is 9.88 Å². The minimum Gasteiger partial charge on any atom is -0.465 e. The van der Waals surface area contributed by atoms with Gasteiger partial charge in [-0.05, 0) is 18.6 Å². The number of nitrogens with zero attached hydrogens (tertiary/aromatic N) is 2. The largest absolute Gasteiger partial charge is 0.465 e. The molecule has 1 fully saturated rings. The summed E-state index contributed by atoms with van der Waals surface area (Å²) in [5.41, 5.74) is 0.902. The number of rotatable bonds is 3. The quantitative estimate of drug-likeness (QED) is 0.597. The van der Waals surface area contributed by atoms with Crippen molar-refractivity contribution in [1.29, 1.82) is 0 Å². The van der Waals surface area contributed by atoms with Crippen molar-refractivity contribution in [2.24, 2.45) is 0 Å². The predicted octanol–water partition coefficient (Wildman–Crippen LogP) is 0.907. The molecule has 1 aliphatic heterocycles. The van der Waals surface area contributed by atoms with Crippen molar-refractivity contribution in [2.45, 2.75) is 25.8 Å². The Kier molecular flexibility index (Phi) is 3.89. The lowest BCUT2D eigenvalue weighted by molar-refractivity contribution is -0.148. The van der Waals surface area contributed by atoms with Crippen LogP contribution in [0.3, 0.4) is 0 Å². The SMILES string of the molecule is COC(=O)c1ccc(CN2C(=O)CCCC2=O)nc1. The fraction of sp³-hybridized carbons (Fsp3) is 0.385. The maximum atomic E-state index is 11.6. The first-order valence-corrected chi connectivity index (χ1v) is 5.98. The molecule has 0 atom stereocenters. The first-order chi connectivity index (χ1) is 9.11. The second kappa shape index (κ2) is 5.60. The minimum atomic E-state index is -0.468. The summed E-state index contributed by atoms with van der Waals surface area (Å²) in [7, 11) is 1.29.